The van der Waals surface area contributed by atoms with E-state index in [2.05, 4.69) is 27.9 Å². The first-order valence-electron chi connectivity index (χ1n) is 7.82. The van der Waals surface area contributed by atoms with Crippen molar-refractivity contribution in [1.29, 1.82) is 0 Å². The molecule has 0 fully saturated rings. The van der Waals surface area contributed by atoms with E-state index in [4.69, 9.17) is 11.6 Å². The SMILES string of the molecule is Cc1ccc(-c2cc(NCC(O)c3ccc(S)cc3)ncn2)cc1Cl. The van der Waals surface area contributed by atoms with Crippen molar-refractivity contribution >= 4 is 30.0 Å². The lowest BCUT2D eigenvalue weighted by Gasteiger charge is -2.13. The molecule has 2 N–H and O–H groups in total. The van der Waals surface area contributed by atoms with E-state index in [0.29, 0.717) is 17.4 Å². The van der Waals surface area contributed by atoms with Crippen molar-refractivity contribution in [3.05, 3.63) is 71.0 Å². The van der Waals surface area contributed by atoms with Crippen LogP contribution in [0.2, 0.25) is 5.02 Å². The number of benzene rings is 2. The average Bonchev–Trinajstić information content (AvgIpc) is 2.63. The number of thiol groups is 1. The molecule has 25 heavy (non-hydrogen) atoms. The number of aliphatic hydroxyl groups excluding tert-OH is 1. The molecule has 1 unspecified atom stereocenters. The maximum Gasteiger partial charge on any atom is 0.130 e. The summed E-state index contributed by atoms with van der Waals surface area (Å²) in [5.74, 6) is 0.645. The molecule has 0 saturated heterocycles. The van der Waals surface area contributed by atoms with Gasteiger partial charge < -0.3 is 10.4 Å². The standard InChI is InChI=1S/C19H18ClN3OS/c1-12-2-3-14(8-16(12)20)17-9-19(23-11-22-17)21-10-18(24)13-4-6-15(25)7-5-13/h2-9,11,18,24-25H,10H2,1H3,(H,21,22,23). The summed E-state index contributed by atoms with van der Waals surface area (Å²) in [6.45, 7) is 2.30. The van der Waals surface area contributed by atoms with Gasteiger partial charge in [0.15, 0.2) is 0 Å². The average molecular weight is 372 g/mol. The molecule has 0 aliphatic rings. The number of nitrogens with zero attached hydrogens (tertiary/aromatic N) is 2. The normalized spacial score (nSPS) is 12.0. The third-order valence-electron chi connectivity index (χ3n) is 3.89. The van der Waals surface area contributed by atoms with Gasteiger partial charge in [0.1, 0.15) is 12.1 Å². The lowest BCUT2D eigenvalue weighted by Crippen LogP contribution is -2.13. The predicted octanol–water partition coefficient (Wildman–Crippen LogP) is 4.54. The fourth-order valence-electron chi connectivity index (χ4n) is 2.38. The van der Waals surface area contributed by atoms with Gasteiger partial charge in [-0.1, -0.05) is 35.9 Å². The van der Waals surface area contributed by atoms with E-state index in [0.717, 1.165) is 27.3 Å². The highest BCUT2D eigenvalue weighted by molar-refractivity contribution is 7.80. The Hall–Kier alpha value is -2.08. The van der Waals surface area contributed by atoms with E-state index in [1.54, 1.807) is 0 Å². The molecular formula is C19H18ClN3OS. The minimum absolute atomic E-state index is 0.344. The number of halogens is 1. The van der Waals surface area contributed by atoms with Gasteiger partial charge in [-0.2, -0.15) is 0 Å². The first-order valence-corrected chi connectivity index (χ1v) is 8.65. The molecule has 0 bridgehead atoms. The monoisotopic (exact) mass is 371 g/mol. The maximum atomic E-state index is 10.3. The molecule has 1 atom stereocenters. The molecule has 1 aromatic heterocycles. The molecule has 0 amide bonds. The van der Waals surface area contributed by atoms with Crippen LogP contribution in [0.3, 0.4) is 0 Å². The summed E-state index contributed by atoms with van der Waals surface area (Å²) in [6.07, 6.45) is 0.856. The van der Waals surface area contributed by atoms with Gasteiger partial charge >= 0.3 is 0 Å². The molecule has 0 aliphatic carbocycles. The minimum atomic E-state index is -0.638. The Balaban J connectivity index is 1.71. The fraction of sp³-hybridized carbons (Fsp3) is 0.158. The van der Waals surface area contributed by atoms with E-state index in [1.807, 2.05) is 55.5 Å². The van der Waals surface area contributed by atoms with Crippen molar-refractivity contribution < 1.29 is 5.11 Å². The zero-order valence-electron chi connectivity index (χ0n) is 13.6. The first kappa shape index (κ1) is 17.7. The topological polar surface area (TPSA) is 58.0 Å². The molecule has 4 nitrogen and oxygen atoms in total. The van der Waals surface area contributed by atoms with Crippen molar-refractivity contribution in [3.8, 4) is 11.3 Å². The second-order valence-corrected chi connectivity index (χ2v) is 6.66. The minimum Gasteiger partial charge on any atom is -0.387 e. The third kappa shape index (κ3) is 4.51. The number of anilines is 1. The van der Waals surface area contributed by atoms with Gasteiger partial charge in [-0.3, -0.25) is 0 Å². The Morgan fingerprint density at radius 3 is 2.60 bits per heavy atom. The van der Waals surface area contributed by atoms with Gasteiger partial charge in [-0.25, -0.2) is 9.97 Å². The molecule has 0 aliphatic heterocycles. The van der Waals surface area contributed by atoms with E-state index >= 15 is 0 Å². The van der Waals surface area contributed by atoms with E-state index in [9.17, 15) is 5.11 Å². The summed E-state index contributed by atoms with van der Waals surface area (Å²) < 4.78 is 0. The molecular weight excluding hydrogens is 354 g/mol. The Bertz CT molecular complexity index is 871. The molecule has 2 aromatic carbocycles. The van der Waals surface area contributed by atoms with Crippen LogP contribution in [0.15, 0.2) is 59.8 Å². The summed E-state index contributed by atoms with van der Waals surface area (Å²) in [7, 11) is 0. The zero-order chi connectivity index (χ0) is 17.8. The Kier molecular flexibility index (Phi) is 5.58. The number of aromatic nitrogens is 2. The lowest BCUT2D eigenvalue weighted by atomic mass is 10.1. The smallest absolute Gasteiger partial charge is 0.130 e. The molecule has 3 aromatic rings. The second kappa shape index (κ2) is 7.87. The number of nitrogens with one attached hydrogen (secondary N) is 1. The summed E-state index contributed by atoms with van der Waals surface area (Å²) in [4.78, 5) is 9.36. The number of aliphatic hydroxyl groups is 1. The van der Waals surface area contributed by atoms with Crippen LogP contribution in [0, 0.1) is 6.92 Å². The van der Waals surface area contributed by atoms with Crippen molar-refractivity contribution in [2.75, 3.05) is 11.9 Å². The number of hydrogen-bond acceptors (Lipinski definition) is 5. The van der Waals surface area contributed by atoms with Crippen molar-refractivity contribution in [2.45, 2.75) is 17.9 Å². The van der Waals surface area contributed by atoms with E-state index in [1.165, 1.54) is 6.33 Å². The summed E-state index contributed by atoms with van der Waals surface area (Å²) in [5, 5.41) is 14.1. The van der Waals surface area contributed by atoms with Gasteiger partial charge in [-0.15, -0.1) is 12.6 Å². The largest absolute Gasteiger partial charge is 0.387 e. The highest BCUT2D eigenvalue weighted by atomic mass is 35.5. The van der Waals surface area contributed by atoms with Crippen LogP contribution in [0.25, 0.3) is 11.3 Å². The second-order valence-electron chi connectivity index (χ2n) is 5.74. The van der Waals surface area contributed by atoms with Crippen LogP contribution in [-0.2, 0) is 0 Å². The summed E-state index contributed by atoms with van der Waals surface area (Å²) in [5.41, 5.74) is 3.54. The molecule has 0 saturated carbocycles. The molecule has 128 valence electrons. The van der Waals surface area contributed by atoms with E-state index < -0.39 is 6.10 Å². The van der Waals surface area contributed by atoms with Crippen LogP contribution in [0.5, 0.6) is 0 Å². The maximum absolute atomic E-state index is 10.3. The van der Waals surface area contributed by atoms with Gasteiger partial charge in [0.05, 0.1) is 11.8 Å². The Labute approximate surface area is 157 Å². The molecule has 6 heteroatoms. The fourth-order valence-corrected chi connectivity index (χ4v) is 2.71. The van der Waals surface area contributed by atoms with Crippen LogP contribution in [0.1, 0.15) is 17.2 Å². The predicted molar refractivity (Wildman–Crippen MR) is 104 cm³/mol. The highest BCUT2D eigenvalue weighted by Gasteiger charge is 2.09. The van der Waals surface area contributed by atoms with Crippen LogP contribution < -0.4 is 5.32 Å². The summed E-state index contributed by atoms with van der Waals surface area (Å²) >= 11 is 10.4. The number of rotatable bonds is 5. The quantitative estimate of drug-likeness (QED) is 0.576. The molecule has 3 rings (SSSR count). The van der Waals surface area contributed by atoms with Crippen molar-refractivity contribution in [2.24, 2.45) is 0 Å². The lowest BCUT2D eigenvalue weighted by molar-refractivity contribution is 0.191. The third-order valence-corrected chi connectivity index (χ3v) is 4.59. The highest BCUT2D eigenvalue weighted by Crippen LogP contribution is 2.25. The number of aryl methyl sites for hydroxylation is 1. The zero-order valence-corrected chi connectivity index (χ0v) is 15.3. The van der Waals surface area contributed by atoms with Gasteiger partial charge in [0, 0.05) is 28.1 Å². The molecule has 1 heterocycles. The van der Waals surface area contributed by atoms with Gasteiger partial charge in [0.25, 0.3) is 0 Å². The van der Waals surface area contributed by atoms with E-state index in [-0.39, 0.29) is 0 Å². The van der Waals surface area contributed by atoms with Gasteiger partial charge in [-0.05, 0) is 36.2 Å². The van der Waals surface area contributed by atoms with Crippen molar-refractivity contribution in [1.82, 2.24) is 9.97 Å². The molecule has 0 spiro atoms. The Morgan fingerprint density at radius 2 is 1.88 bits per heavy atom. The number of hydrogen-bond donors (Lipinski definition) is 3. The van der Waals surface area contributed by atoms with Crippen LogP contribution in [0.4, 0.5) is 5.82 Å². The van der Waals surface area contributed by atoms with Gasteiger partial charge in [0.2, 0.25) is 0 Å². The van der Waals surface area contributed by atoms with Crippen molar-refractivity contribution in [3.63, 3.8) is 0 Å². The van der Waals surface area contributed by atoms with Crippen LogP contribution in [-0.4, -0.2) is 21.6 Å². The first-order chi connectivity index (χ1) is 12.0. The Morgan fingerprint density at radius 1 is 1.12 bits per heavy atom. The summed E-state index contributed by atoms with van der Waals surface area (Å²) in [6, 6.07) is 15.1. The molecule has 0 radical (unpaired) electrons. The van der Waals surface area contributed by atoms with Crippen LogP contribution >= 0.6 is 24.2 Å².